The third-order valence-corrected chi connectivity index (χ3v) is 2.82. The lowest BCUT2D eigenvalue weighted by Crippen LogP contribution is -2.51. The number of nitrogens with two attached hydrogens (primary N) is 2. The Kier molecular flexibility index (Phi) is 4.70. The highest BCUT2D eigenvalue weighted by molar-refractivity contribution is 5.87. The second-order valence-corrected chi connectivity index (χ2v) is 4.24. The molecule has 0 aromatic heterocycles. The Bertz CT molecular complexity index is 270. The number of nitrogens with one attached hydrogen (secondary N) is 1. The van der Waals surface area contributed by atoms with Gasteiger partial charge in [0.2, 0.25) is 11.8 Å². The summed E-state index contributed by atoms with van der Waals surface area (Å²) in [5.74, 6) is -1.03. The Morgan fingerprint density at radius 1 is 1.38 bits per heavy atom. The molecule has 1 saturated carbocycles. The highest BCUT2D eigenvalue weighted by Crippen LogP contribution is 2.18. The molecular weight excluding hydrogens is 210 g/mol. The molecule has 1 rings (SSSR count). The van der Waals surface area contributed by atoms with Crippen LogP contribution in [0.15, 0.2) is 0 Å². The number of hydrogen-bond acceptors (Lipinski definition) is 4. The van der Waals surface area contributed by atoms with Crippen molar-refractivity contribution in [2.75, 3.05) is 0 Å². The second-order valence-electron chi connectivity index (χ2n) is 4.24. The van der Waals surface area contributed by atoms with Crippen LogP contribution in [0.2, 0.25) is 0 Å². The highest BCUT2D eigenvalue weighted by Gasteiger charge is 2.26. The van der Waals surface area contributed by atoms with Gasteiger partial charge >= 0.3 is 0 Å². The molecule has 0 radical (unpaired) electrons. The number of carbonyl (C=O) groups excluding carboxylic acids is 2. The first kappa shape index (κ1) is 12.9. The summed E-state index contributed by atoms with van der Waals surface area (Å²) in [5, 5.41) is 12.3. The van der Waals surface area contributed by atoms with Crippen LogP contribution in [0, 0.1) is 0 Å². The largest absolute Gasteiger partial charge is 0.391 e. The van der Waals surface area contributed by atoms with Crippen molar-refractivity contribution in [2.45, 2.75) is 50.3 Å². The van der Waals surface area contributed by atoms with Gasteiger partial charge in [0.25, 0.3) is 0 Å². The van der Waals surface area contributed by atoms with Gasteiger partial charge in [-0.25, -0.2) is 0 Å². The number of hydrogen-bond donors (Lipinski definition) is 4. The summed E-state index contributed by atoms with van der Waals surface area (Å²) in [4.78, 5) is 22.1. The summed E-state index contributed by atoms with van der Waals surface area (Å²) >= 11 is 0. The van der Waals surface area contributed by atoms with E-state index in [1.165, 1.54) is 0 Å². The zero-order chi connectivity index (χ0) is 12.1. The Morgan fingerprint density at radius 2 is 2.00 bits per heavy atom. The molecule has 6 N–H and O–H groups in total. The fourth-order valence-corrected chi connectivity index (χ4v) is 1.88. The molecule has 0 heterocycles. The van der Waals surface area contributed by atoms with Crippen LogP contribution in [0.4, 0.5) is 0 Å². The predicted molar refractivity (Wildman–Crippen MR) is 58.2 cm³/mol. The average molecular weight is 229 g/mol. The minimum Gasteiger partial charge on any atom is -0.391 e. The fraction of sp³-hybridized carbons (Fsp3) is 0.800. The molecule has 2 amide bonds. The average Bonchev–Trinajstić information content (AvgIpc) is 2.20. The number of amides is 2. The Labute approximate surface area is 94.4 Å². The molecule has 0 aromatic rings. The van der Waals surface area contributed by atoms with E-state index in [1.54, 1.807) is 0 Å². The van der Waals surface area contributed by atoms with Gasteiger partial charge in [0.05, 0.1) is 24.6 Å². The highest BCUT2D eigenvalue weighted by atomic mass is 16.3. The standard InChI is InChI=1S/C10H19N3O3/c11-6(5-9(12)15)10(16)13-7-3-1-2-4-8(7)14/h6-8,14H,1-5,11H2,(H2,12,15)(H,13,16)/t6?,7-,8-/m1/s1. The number of aliphatic hydroxyl groups is 1. The molecule has 0 bridgehead atoms. The minimum absolute atomic E-state index is 0.172. The van der Waals surface area contributed by atoms with E-state index >= 15 is 0 Å². The molecule has 6 heteroatoms. The van der Waals surface area contributed by atoms with Gasteiger partial charge in [0.15, 0.2) is 0 Å². The van der Waals surface area contributed by atoms with Crippen LogP contribution >= 0.6 is 0 Å². The molecule has 0 spiro atoms. The Balaban J connectivity index is 2.40. The Morgan fingerprint density at radius 3 is 2.56 bits per heavy atom. The molecule has 6 nitrogen and oxygen atoms in total. The normalized spacial score (nSPS) is 27.1. The summed E-state index contributed by atoms with van der Waals surface area (Å²) in [7, 11) is 0. The zero-order valence-corrected chi connectivity index (χ0v) is 9.19. The summed E-state index contributed by atoms with van der Waals surface area (Å²) in [5.41, 5.74) is 10.4. The van der Waals surface area contributed by atoms with Crippen LogP contribution in [0.5, 0.6) is 0 Å². The van der Waals surface area contributed by atoms with E-state index in [1.807, 2.05) is 0 Å². The zero-order valence-electron chi connectivity index (χ0n) is 9.19. The SMILES string of the molecule is NC(=O)CC(N)C(=O)N[C@@H]1CCCC[C@H]1O. The van der Waals surface area contributed by atoms with E-state index in [0.29, 0.717) is 6.42 Å². The molecule has 1 unspecified atom stereocenters. The number of aliphatic hydroxyl groups excluding tert-OH is 1. The molecule has 0 aromatic carbocycles. The lowest BCUT2D eigenvalue weighted by Gasteiger charge is -2.29. The van der Waals surface area contributed by atoms with E-state index in [-0.39, 0.29) is 12.5 Å². The third-order valence-electron chi connectivity index (χ3n) is 2.82. The Hall–Kier alpha value is -1.14. The lowest BCUT2D eigenvalue weighted by molar-refractivity contribution is -0.127. The summed E-state index contributed by atoms with van der Waals surface area (Å²) in [6.07, 6.45) is 2.70. The van der Waals surface area contributed by atoms with Crippen molar-refractivity contribution < 1.29 is 14.7 Å². The van der Waals surface area contributed by atoms with Gasteiger partial charge in [-0.2, -0.15) is 0 Å². The van der Waals surface area contributed by atoms with E-state index in [0.717, 1.165) is 19.3 Å². The van der Waals surface area contributed by atoms with E-state index < -0.39 is 24.0 Å². The van der Waals surface area contributed by atoms with Crippen molar-refractivity contribution in [3.05, 3.63) is 0 Å². The smallest absolute Gasteiger partial charge is 0.237 e. The van der Waals surface area contributed by atoms with Gasteiger partial charge in [-0.1, -0.05) is 12.8 Å². The van der Waals surface area contributed by atoms with Crippen molar-refractivity contribution in [3.63, 3.8) is 0 Å². The van der Waals surface area contributed by atoms with Crippen LogP contribution in [-0.4, -0.2) is 35.1 Å². The van der Waals surface area contributed by atoms with Crippen LogP contribution in [-0.2, 0) is 9.59 Å². The van der Waals surface area contributed by atoms with E-state index in [2.05, 4.69) is 5.32 Å². The molecule has 92 valence electrons. The first-order valence-electron chi connectivity index (χ1n) is 5.53. The molecular formula is C10H19N3O3. The monoisotopic (exact) mass is 229 g/mol. The van der Waals surface area contributed by atoms with Gasteiger partial charge in [-0.15, -0.1) is 0 Å². The maximum Gasteiger partial charge on any atom is 0.237 e. The molecule has 1 aliphatic rings. The number of primary amides is 1. The van der Waals surface area contributed by atoms with Crippen molar-refractivity contribution in [3.8, 4) is 0 Å². The van der Waals surface area contributed by atoms with Crippen molar-refractivity contribution >= 4 is 11.8 Å². The van der Waals surface area contributed by atoms with Crippen molar-refractivity contribution in [1.29, 1.82) is 0 Å². The minimum atomic E-state index is -0.924. The predicted octanol–water partition coefficient (Wildman–Crippen LogP) is -1.39. The van der Waals surface area contributed by atoms with Gasteiger partial charge in [-0.05, 0) is 12.8 Å². The van der Waals surface area contributed by atoms with Gasteiger partial charge in [0, 0.05) is 0 Å². The second kappa shape index (κ2) is 5.81. The van der Waals surface area contributed by atoms with Crippen LogP contribution < -0.4 is 16.8 Å². The molecule has 16 heavy (non-hydrogen) atoms. The van der Waals surface area contributed by atoms with Gasteiger partial charge in [-0.3, -0.25) is 9.59 Å². The van der Waals surface area contributed by atoms with Crippen molar-refractivity contribution in [1.82, 2.24) is 5.32 Å². The quantitative estimate of drug-likeness (QED) is 0.474. The molecule has 3 atom stereocenters. The first-order valence-corrected chi connectivity index (χ1v) is 5.53. The van der Waals surface area contributed by atoms with Gasteiger partial charge in [0.1, 0.15) is 0 Å². The van der Waals surface area contributed by atoms with E-state index in [9.17, 15) is 14.7 Å². The topological polar surface area (TPSA) is 118 Å². The first-order chi connectivity index (χ1) is 7.50. The van der Waals surface area contributed by atoms with Gasteiger partial charge < -0.3 is 21.9 Å². The molecule has 1 aliphatic carbocycles. The number of carbonyl (C=O) groups is 2. The lowest BCUT2D eigenvalue weighted by atomic mass is 9.92. The maximum absolute atomic E-state index is 11.5. The van der Waals surface area contributed by atoms with Crippen LogP contribution in [0.25, 0.3) is 0 Å². The maximum atomic E-state index is 11.5. The summed E-state index contributed by atoms with van der Waals surface area (Å²) < 4.78 is 0. The molecule has 1 fully saturated rings. The van der Waals surface area contributed by atoms with Crippen LogP contribution in [0.1, 0.15) is 32.1 Å². The summed E-state index contributed by atoms with van der Waals surface area (Å²) in [6, 6.07) is -1.17. The number of rotatable bonds is 4. The molecule has 0 aliphatic heterocycles. The van der Waals surface area contributed by atoms with Crippen molar-refractivity contribution in [2.24, 2.45) is 11.5 Å². The van der Waals surface area contributed by atoms with E-state index in [4.69, 9.17) is 11.5 Å². The fourth-order valence-electron chi connectivity index (χ4n) is 1.88. The summed E-state index contributed by atoms with van der Waals surface area (Å²) in [6.45, 7) is 0. The molecule has 0 saturated heterocycles. The third kappa shape index (κ3) is 3.79. The van der Waals surface area contributed by atoms with Crippen LogP contribution in [0.3, 0.4) is 0 Å².